The van der Waals surface area contributed by atoms with Crippen LogP contribution < -0.4 is 16.7 Å². The number of aliphatic imine (C=N–C) groups is 1. The molecule has 0 radical (unpaired) electrons. The van der Waals surface area contributed by atoms with Gasteiger partial charge < -0.3 is 9.68 Å². The number of fused-ring (bicyclic) bond motifs is 1. The average molecular weight is 205 g/mol. The average Bonchev–Trinajstić information content (AvgIpc) is 2.28. The number of hydrogen-bond donors (Lipinski definition) is 3. The van der Waals surface area contributed by atoms with Crippen LogP contribution in [0.4, 0.5) is 5.69 Å². The van der Waals surface area contributed by atoms with Gasteiger partial charge in [-0.25, -0.2) is 10.8 Å². The van der Waals surface area contributed by atoms with E-state index in [-0.39, 0.29) is 0 Å². The number of nitrogens with one attached hydrogen (secondary N) is 1. The van der Waals surface area contributed by atoms with E-state index in [1.165, 1.54) is 12.1 Å². The number of carbonyl (C=O) groups is 1. The minimum absolute atomic E-state index is 0.377. The molecule has 2 rings (SSSR count). The molecule has 0 bridgehead atoms. The fraction of sp³-hybridized carbons (Fsp3) is 0. The fourth-order valence-corrected chi connectivity index (χ4v) is 1.31. The Kier molecular flexibility index (Phi) is 2.40. The third-order valence-electron chi connectivity index (χ3n) is 2.07. The molecule has 1 aromatic rings. The van der Waals surface area contributed by atoms with Crippen molar-refractivity contribution in [2.45, 2.75) is 0 Å². The molecule has 0 atom stereocenters. The van der Waals surface area contributed by atoms with Gasteiger partial charge in [0.15, 0.2) is 6.40 Å². The normalized spacial score (nSPS) is 13.1. The van der Waals surface area contributed by atoms with Gasteiger partial charge in [0, 0.05) is 11.0 Å². The van der Waals surface area contributed by atoms with Crippen LogP contribution >= 0.6 is 0 Å². The second-order valence-corrected chi connectivity index (χ2v) is 2.97. The summed E-state index contributed by atoms with van der Waals surface area (Å²) in [6, 6.07) is 4.63. The van der Waals surface area contributed by atoms with Gasteiger partial charge in [0.2, 0.25) is 0 Å². The number of nitrogen functional groups attached to an aromatic ring is 1. The van der Waals surface area contributed by atoms with Crippen LogP contribution in [0.2, 0.25) is 0 Å². The van der Waals surface area contributed by atoms with Gasteiger partial charge in [-0.3, -0.25) is 10.2 Å². The van der Waals surface area contributed by atoms with Crippen molar-refractivity contribution in [3.05, 3.63) is 23.8 Å². The van der Waals surface area contributed by atoms with Crippen molar-refractivity contribution < 1.29 is 14.5 Å². The Bertz CT molecular complexity index is 435. The minimum atomic E-state index is -1.03. The van der Waals surface area contributed by atoms with Crippen LogP contribution in [0.1, 0.15) is 10.4 Å². The standard InChI is InChI=1S/C8H8BN3O3/c10-12-8(13)5-1-2-6-7(3-5)11-4-15-9(6)14/h1-4,14H,10H2,(H,12,13). The quantitative estimate of drug-likeness (QED) is 0.229. The van der Waals surface area contributed by atoms with Gasteiger partial charge in [-0.15, -0.1) is 0 Å². The molecule has 76 valence electrons. The molecule has 1 aliphatic rings. The van der Waals surface area contributed by atoms with E-state index < -0.39 is 13.0 Å². The van der Waals surface area contributed by atoms with Crippen molar-refractivity contribution in [3.8, 4) is 0 Å². The highest BCUT2D eigenvalue weighted by Gasteiger charge is 2.24. The molecule has 0 spiro atoms. The summed E-state index contributed by atoms with van der Waals surface area (Å²) in [7, 11) is -1.03. The van der Waals surface area contributed by atoms with Crippen molar-refractivity contribution >= 4 is 30.6 Å². The SMILES string of the molecule is NNC(=O)c1ccc2c(c1)N=COB2O. The lowest BCUT2D eigenvalue weighted by Crippen LogP contribution is -2.36. The predicted molar refractivity (Wildman–Crippen MR) is 54.9 cm³/mol. The van der Waals surface area contributed by atoms with Gasteiger partial charge in [-0.2, -0.15) is 0 Å². The molecule has 1 aromatic carbocycles. The van der Waals surface area contributed by atoms with Crippen molar-refractivity contribution in [2.24, 2.45) is 10.8 Å². The van der Waals surface area contributed by atoms with E-state index in [9.17, 15) is 9.82 Å². The summed E-state index contributed by atoms with van der Waals surface area (Å²) in [4.78, 5) is 15.1. The van der Waals surface area contributed by atoms with Crippen molar-refractivity contribution in [1.82, 2.24) is 5.43 Å². The summed E-state index contributed by atoms with van der Waals surface area (Å²) < 4.78 is 4.77. The fourth-order valence-electron chi connectivity index (χ4n) is 1.31. The molecular weight excluding hydrogens is 197 g/mol. The molecule has 0 saturated heterocycles. The van der Waals surface area contributed by atoms with E-state index in [0.29, 0.717) is 16.7 Å². The maximum atomic E-state index is 11.2. The second kappa shape index (κ2) is 3.72. The van der Waals surface area contributed by atoms with E-state index in [0.717, 1.165) is 6.40 Å². The Hall–Kier alpha value is -1.86. The van der Waals surface area contributed by atoms with Crippen LogP contribution in [0.5, 0.6) is 0 Å². The highest BCUT2D eigenvalue weighted by Crippen LogP contribution is 2.15. The Morgan fingerprint density at radius 2 is 2.40 bits per heavy atom. The summed E-state index contributed by atoms with van der Waals surface area (Å²) >= 11 is 0. The first kappa shape index (κ1) is 9.69. The van der Waals surface area contributed by atoms with Crippen LogP contribution in [0, 0.1) is 0 Å². The summed E-state index contributed by atoms with van der Waals surface area (Å²) in [5.74, 6) is 4.59. The van der Waals surface area contributed by atoms with E-state index in [1.807, 2.05) is 5.43 Å². The number of carbonyl (C=O) groups excluding carboxylic acids is 1. The Morgan fingerprint density at radius 3 is 3.13 bits per heavy atom. The van der Waals surface area contributed by atoms with Gasteiger partial charge in [0.25, 0.3) is 5.91 Å². The molecule has 1 heterocycles. The van der Waals surface area contributed by atoms with Gasteiger partial charge in [0.05, 0.1) is 5.69 Å². The van der Waals surface area contributed by atoms with Gasteiger partial charge in [0.1, 0.15) is 0 Å². The first-order valence-electron chi connectivity index (χ1n) is 4.23. The van der Waals surface area contributed by atoms with Gasteiger partial charge >= 0.3 is 7.12 Å². The van der Waals surface area contributed by atoms with Crippen molar-refractivity contribution in [1.29, 1.82) is 0 Å². The largest absolute Gasteiger partial charge is 0.562 e. The monoisotopic (exact) mass is 205 g/mol. The van der Waals surface area contributed by atoms with Crippen LogP contribution in [0.3, 0.4) is 0 Å². The maximum absolute atomic E-state index is 11.2. The van der Waals surface area contributed by atoms with E-state index in [1.54, 1.807) is 6.07 Å². The van der Waals surface area contributed by atoms with E-state index >= 15 is 0 Å². The molecule has 0 saturated carbocycles. The first-order valence-corrected chi connectivity index (χ1v) is 4.23. The maximum Gasteiger partial charge on any atom is 0.562 e. The topological polar surface area (TPSA) is 96.9 Å². The number of nitrogens with two attached hydrogens (primary N) is 1. The summed E-state index contributed by atoms with van der Waals surface area (Å²) in [6.45, 7) is 0. The van der Waals surface area contributed by atoms with Gasteiger partial charge in [-0.05, 0) is 12.1 Å². The van der Waals surface area contributed by atoms with E-state index in [4.69, 9.17) is 10.5 Å². The number of nitrogens with zero attached hydrogens (tertiary/aromatic N) is 1. The van der Waals surface area contributed by atoms with Gasteiger partial charge in [-0.1, -0.05) is 6.07 Å². The molecule has 6 nitrogen and oxygen atoms in total. The molecule has 0 fully saturated rings. The smallest absolute Gasteiger partial charge is 0.524 e. The molecule has 0 aliphatic carbocycles. The van der Waals surface area contributed by atoms with Crippen LogP contribution in [-0.4, -0.2) is 24.5 Å². The zero-order chi connectivity index (χ0) is 10.8. The van der Waals surface area contributed by atoms with Crippen molar-refractivity contribution in [3.63, 3.8) is 0 Å². The van der Waals surface area contributed by atoms with E-state index in [2.05, 4.69) is 4.99 Å². The van der Waals surface area contributed by atoms with Crippen LogP contribution in [-0.2, 0) is 4.65 Å². The molecule has 0 aromatic heterocycles. The Morgan fingerprint density at radius 1 is 1.60 bits per heavy atom. The lowest BCUT2D eigenvalue weighted by molar-refractivity contribution is 0.0953. The van der Waals surface area contributed by atoms with Crippen molar-refractivity contribution in [2.75, 3.05) is 0 Å². The number of rotatable bonds is 1. The lowest BCUT2D eigenvalue weighted by Gasteiger charge is -2.13. The number of hydrazine groups is 1. The van der Waals surface area contributed by atoms with Crippen LogP contribution in [0.25, 0.3) is 0 Å². The Balaban J connectivity index is 2.43. The molecule has 15 heavy (non-hydrogen) atoms. The lowest BCUT2D eigenvalue weighted by atomic mass is 9.77. The Labute approximate surface area is 85.9 Å². The zero-order valence-electron chi connectivity index (χ0n) is 7.68. The first-order chi connectivity index (χ1) is 7.22. The zero-order valence-corrected chi connectivity index (χ0v) is 7.68. The summed E-state index contributed by atoms with van der Waals surface area (Å²) in [5, 5.41) is 9.41. The highest BCUT2D eigenvalue weighted by molar-refractivity contribution is 6.63. The highest BCUT2D eigenvalue weighted by atomic mass is 16.5. The molecule has 0 unspecified atom stereocenters. The second-order valence-electron chi connectivity index (χ2n) is 2.97. The van der Waals surface area contributed by atoms with Crippen LogP contribution in [0.15, 0.2) is 23.2 Å². The third kappa shape index (κ3) is 1.70. The molecule has 7 heteroatoms. The summed E-state index contributed by atoms with van der Waals surface area (Å²) in [5.41, 5.74) is 3.41. The summed E-state index contributed by atoms with van der Waals surface area (Å²) in [6.07, 6.45) is 1.14. The minimum Gasteiger partial charge on any atom is -0.524 e. The number of hydrogen-bond acceptors (Lipinski definition) is 5. The molecule has 4 N–H and O–H groups in total. The number of benzene rings is 1. The molecule has 1 amide bonds. The predicted octanol–water partition coefficient (Wildman–Crippen LogP) is -1.33. The third-order valence-corrected chi connectivity index (χ3v) is 2.07. The molecular formula is C8H8BN3O3. The molecule has 1 aliphatic heterocycles. The number of amides is 1.